The monoisotopic (exact) mass is 336 g/mol. The van der Waals surface area contributed by atoms with E-state index in [1.807, 2.05) is 59.1 Å². The molecular formula is C18H20N6O. The molecule has 0 aliphatic carbocycles. The summed E-state index contributed by atoms with van der Waals surface area (Å²) in [6, 6.07) is 11.8. The Morgan fingerprint density at radius 3 is 2.76 bits per heavy atom. The smallest absolute Gasteiger partial charge is 0.276 e. The first-order valence-electron chi connectivity index (χ1n) is 8.50. The van der Waals surface area contributed by atoms with Crippen LogP contribution in [0.15, 0.2) is 48.8 Å². The fourth-order valence-corrected chi connectivity index (χ4v) is 3.25. The summed E-state index contributed by atoms with van der Waals surface area (Å²) in [6.07, 6.45) is 5.72. The van der Waals surface area contributed by atoms with Crippen molar-refractivity contribution in [1.82, 2.24) is 29.7 Å². The lowest BCUT2D eigenvalue weighted by atomic mass is 10.1. The molecule has 3 heterocycles. The molecule has 7 heteroatoms. The molecule has 25 heavy (non-hydrogen) atoms. The van der Waals surface area contributed by atoms with Crippen molar-refractivity contribution >= 4 is 5.91 Å². The van der Waals surface area contributed by atoms with Crippen molar-refractivity contribution < 1.29 is 4.79 Å². The van der Waals surface area contributed by atoms with Crippen LogP contribution in [0, 0.1) is 6.92 Å². The largest absolute Gasteiger partial charge is 0.335 e. The van der Waals surface area contributed by atoms with Gasteiger partial charge in [0.2, 0.25) is 0 Å². The Labute approximate surface area is 145 Å². The van der Waals surface area contributed by atoms with Crippen LogP contribution in [-0.4, -0.2) is 48.7 Å². The van der Waals surface area contributed by atoms with Crippen molar-refractivity contribution in [3.63, 3.8) is 0 Å². The highest BCUT2D eigenvalue weighted by molar-refractivity contribution is 5.93. The van der Waals surface area contributed by atoms with Gasteiger partial charge in [0.25, 0.3) is 5.91 Å². The molecule has 1 aliphatic rings. The Morgan fingerprint density at radius 2 is 2.00 bits per heavy atom. The first-order valence-corrected chi connectivity index (χ1v) is 8.50. The predicted octanol–water partition coefficient (Wildman–Crippen LogP) is 2.25. The molecule has 3 aromatic rings. The van der Waals surface area contributed by atoms with E-state index in [4.69, 9.17) is 0 Å². The minimum Gasteiger partial charge on any atom is -0.335 e. The number of benzene rings is 1. The predicted molar refractivity (Wildman–Crippen MR) is 92.5 cm³/mol. The zero-order valence-corrected chi connectivity index (χ0v) is 14.1. The van der Waals surface area contributed by atoms with Crippen LogP contribution >= 0.6 is 0 Å². The van der Waals surface area contributed by atoms with E-state index < -0.39 is 0 Å². The second-order valence-electron chi connectivity index (χ2n) is 6.29. The van der Waals surface area contributed by atoms with Crippen LogP contribution in [0.25, 0.3) is 5.69 Å². The molecule has 4 rings (SSSR count). The minimum absolute atomic E-state index is 0.0588. The topological polar surface area (TPSA) is 68.8 Å². The number of aryl methyl sites for hydroxylation is 1. The van der Waals surface area contributed by atoms with Gasteiger partial charge >= 0.3 is 0 Å². The maximum Gasteiger partial charge on any atom is 0.276 e. The third-order valence-corrected chi connectivity index (χ3v) is 4.55. The summed E-state index contributed by atoms with van der Waals surface area (Å²) in [5, 5.41) is 13.2. The average Bonchev–Trinajstić information content (AvgIpc) is 3.32. The lowest BCUT2D eigenvalue weighted by Gasteiger charge is -2.32. The summed E-state index contributed by atoms with van der Waals surface area (Å²) in [4.78, 5) is 16.3. The number of para-hydroxylation sites is 1. The van der Waals surface area contributed by atoms with Gasteiger partial charge in [-0.15, -0.1) is 5.10 Å². The first-order chi connectivity index (χ1) is 12.2. The molecular weight excluding hydrogens is 316 g/mol. The van der Waals surface area contributed by atoms with Gasteiger partial charge in [-0.25, -0.2) is 0 Å². The zero-order chi connectivity index (χ0) is 17.2. The zero-order valence-electron chi connectivity index (χ0n) is 14.1. The number of nitrogens with zero attached hydrogens (tertiary/aromatic N) is 6. The lowest BCUT2D eigenvalue weighted by molar-refractivity contribution is 0.0666. The van der Waals surface area contributed by atoms with Crippen LogP contribution in [0.2, 0.25) is 0 Å². The number of hydrogen-bond donors (Lipinski definition) is 0. The first kappa shape index (κ1) is 15.6. The van der Waals surface area contributed by atoms with Gasteiger partial charge in [-0.2, -0.15) is 15.0 Å². The molecule has 2 aromatic heterocycles. The summed E-state index contributed by atoms with van der Waals surface area (Å²) >= 11 is 0. The number of hydrogen-bond acceptors (Lipinski definition) is 4. The third-order valence-electron chi connectivity index (χ3n) is 4.55. The van der Waals surface area contributed by atoms with E-state index in [1.165, 1.54) is 4.80 Å². The number of amides is 1. The quantitative estimate of drug-likeness (QED) is 0.736. The second kappa shape index (κ2) is 6.51. The molecule has 0 radical (unpaired) electrons. The van der Waals surface area contributed by atoms with Crippen LogP contribution in [0.4, 0.5) is 0 Å². The summed E-state index contributed by atoms with van der Waals surface area (Å²) in [7, 11) is 0. The molecule has 1 saturated heterocycles. The Balaban J connectivity index is 1.55. The summed E-state index contributed by atoms with van der Waals surface area (Å²) in [5.74, 6) is -0.0588. The maximum atomic E-state index is 13.0. The SMILES string of the molecule is Cc1nn(-c2ccccc2)nc1C(=O)N1CCC[C@@H](n2cccn2)C1. The van der Waals surface area contributed by atoms with Crippen LogP contribution in [-0.2, 0) is 0 Å². The molecule has 0 bridgehead atoms. The molecule has 1 atom stereocenters. The van der Waals surface area contributed by atoms with Crippen molar-refractivity contribution in [3.8, 4) is 5.69 Å². The normalized spacial score (nSPS) is 17.6. The van der Waals surface area contributed by atoms with E-state index in [9.17, 15) is 4.79 Å². The summed E-state index contributed by atoms with van der Waals surface area (Å²) in [5.41, 5.74) is 1.91. The lowest BCUT2D eigenvalue weighted by Crippen LogP contribution is -2.41. The molecule has 0 saturated carbocycles. The van der Waals surface area contributed by atoms with Crippen LogP contribution in [0.1, 0.15) is 35.1 Å². The Kier molecular flexibility index (Phi) is 4.05. The van der Waals surface area contributed by atoms with Crippen molar-refractivity contribution in [2.45, 2.75) is 25.8 Å². The van der Waals surface area contributed by atoms with Crippen LogP contribution in [0.5, 0.6) is 0 Å². The second-order valence-corrected chi connectivity index (χ2v) is 6.29. The van der Waals surface area contributed by atoms with E-state index in [0.717, 1.165) is 25.1 Å². The van der Waals surface area contributed by atoms with Crippen LogP contribution < -0.4 is 0 Å². The fourth-order valence-electron chi connectivity index (χ4n) is 3.25. The van der Waals surface area contributed by atoms with E-state index >= 15 is 0 Å². The molecule has 1 aromatic carbocycles. The maximum absolute atomic E-state index is 13.0. The molecule has 7 nitrogen and oxygen atoms in total. The van der Waals surface area contributed by atoms with E-state index in [0.29, 0.717) is 17.9 Å². The number of carbonyl (C=O) groups excluding carboxylic acids is 1. The Morgan fingerprint density at radius 1 is 1.16 bits per heavy atom. The summed E-state index contributed by atoms with van der Waals surface area (Å²) < 4.78 is 1.94. The van der Waals surface area contributed by atoms with Crippen molar-refractivity contribution in [1.29, 1.82) is 0 Å². The Hall–Kier alpha value is -2.96. The molecule has 0 unspecified atom stereocenters. The van der Waals surface area contributed by atoms with Crippen molar-refractivity contribution in [2.24, 2.45) is 0 Å². The van der Waals surface area contributed by atoms with Gasteiger partial charge in [-0.1, -0.05) is 18.2 Å². The van der Waals surface area contributed by atoms with Gasteiger partial charge in [0.15, 0.2) is 5.69 Å². The van der Waals surface area contributed by atoms with Gasteiger partial charge in [-0.3, -0.25) is 9.48 Å². The third kappa shape index (κ3) is 3.05. The highest BCUT2D eigenvalue weighted by Crippen LogP contribution is 2.22. The molecule has 1 fully saturated rings. The van der Waals surface area contributed by atoms with Gasteiger partial charge in [0.05, 0.1) is 17.4 Å². The number of aromatic nitrogens is 5. The minimum atomic E-state index is -0.0588. The highest BCUT2D eigenvalue weighted by atomic mass is 16.2. The standard InChI is InChI=1S/C18H20N6O/c1-14-17(21-24(20-14)15-7-3-2-4-8-15)18(25)22-11-5-9-16(13-22)23-12-6-10-19-23/h2-4,6-8,10,12,16H,5,9,11,13H2,1H3/t16-/m1/s1. The Bertz CT molecular complexity index is 855. The van der Waals surface area contributed by atoms with Gasteiger partial charge < -0.3 is 4.90 Å². The van der Waals surface area contributed by atoms with Gasteiger partial charge in [0, 0.05) is 25.5 Å². The number of carbonyl (C=O) groups is 1. The number of piperidine rings is 1. The molecule has 0 N–H and O–H groups in total. The van der Waals surface area contributed by atoms with E-state index in [2.05, 4.69) is 15.3 Å². The van der Waals surface area contributed by atoms with Gasteiger partial charge in [0.1, 0.15) is 0 Å². The molecule has 128 valence electrons. The number of rotatable bonds is 3. The molecule has 1 aliphatic heterocycles. The number of likely N-dealkylation sites (tertiary alicyclic amines) is 1. The summed E-state index contributed by atoms with van der Waals surface area (Å²) in [6.45, 7) is 3.22. The van der Waals surface area contributed by atoms with Crippen LogP contribution in [0.3, 0.4) is 0 Å². The fraction of sp³-hybridized carbons (Fsp3) is 0.333. The highest BCUT2D eigenvalue weighted by Gasteiger charge is 2.28. The van der Waals surface area contributed by atoms with Crippen molar-refractivity contribution in [3.05, 3.63) is 60.2 Å². The van der Waals surface area contributed by atoms with E-state index in [-0.39, 0.29) is 11.9 Å². The molecule has 1 amide bonds. The van der Waals surface area contributed by atoms with Crippen molar-refractivity contribution in [2.75, 3.05) is 13.1 Å². The average molecular weight is 336 g/mol. The van der Waals surface area contributed by atoms with Gasteiger partial charge in [-0.05, 0) is 38.0 Å². The molecule has 0 spiro atoms. The van der Waals surface area contributed by atoms with E-state index in [1.54, 1.807) is 6.20 Å².